The monoisotopic (exact) mass is 238 g/mol. The van der Waals surface area contributed by atoms with E-state index in [0.717, 1.165) is 6.07 Å². The van der Waals surface area contributed by atoms with Crippen LogP contribution in [0.3, 0.4) is 0 Å². The first-order chi connectivity index (χ1) is 8.10. The third-order valence-corrected chi connectivity index (χ3v) is 2.26. The van der Waals surface area contributed by atoms with Crippen LogP contribution in [0.25, 0.3) is 0 Å². The van der Waals surface area contributed by atoms with E-state index in [1.165, 1.54) is 12.1 Å². The standard InChI is InChI=1S/C12H12F2N2O/c1-2-4-8(7-15)12(17)16-10-6-3-5-9(13)11(10)14/h3,5-6,8H,2,4H2,1H3,(H,16,17). The average molecular weight is 238 g/mol. The van der Waals surface area contributed by atoms with Crippen LogP contribution in [-0.4, -0.2) is 5.91 Å². The van der Waals surface area contributed by atoms with Crippen LogP contribution >= 0.6 is 0 Å². The Bertz CT molecular complexity index is 454. The van der Waals surface area contributed by atoms with E-state index in [4.69, 9.17) is 5.26 Å². The molecule has 0 bridgehead atoms. The number of nitriles is 1. The van der Waals surface area contributed by atoms with Crippen LogP contribution < -0.4 is 5.32 Å². The summed E-state index contributed by atoms with van der Waals surface area (Å²) in [6, 6.07) is 5.32. The normalized spacial score (nSPS) is 11.6. The van der Waals surface area contributed by atoms with Crippen molar-refractivity contribution in [1.82, 2.24) is 0 Å². The molecule has 1 aromatic carbocycles. The van der Waals surface area contributed by atoms with Crippen LogP contribution in [-0.2, 0) is 4.79 Å². The van der Waals surface area contributed by atoms with Gasteiger partial charge in [-0.2, -0.15) is 5.26 Å². The van der Waals surface area contributed by atoms with E-state index in [1.54, 1.807) is 0 Å². The molecule has 0 aromatic heterocycles. The predicted octanol–water partition coefficient (Wildman–Crippen LogP) is 2.84. The van der Waals surface area contributed by atoms with Crippen molar-refractivity contribution in [3.63, 3.8) is 0 Å². The molecule has 1 amide bonds. The molecule has 0 aliphatic rings. The summed E-state index contributed by atoms with van der Waals surface area (Å²) in [4.78, 5) is 11.6. The van der Waals surface area contributed by atoms with Crippen molar-refractivity contribution in [3.05, 3.63) is 29.8 Å². The highest BCUT2D eigenvalue weighted by Gasteiger charge is 2.18. The lowest BCUT2D eigenvalue weighted by Gasteiger charge is -2.09. The van der Waals surface area contributed by atoms with Gasteiger partial charge in [0.25, 0.3) is 0 Å². The van der Waals surface area contributed by atoms with Gasteiger partial charge in [-0.05, 0) is 18.6 Å². The fourth-order valence-corrected chi connectivity index (χ4v) is 1.36. The molecule has 1 unspecified atom stereocenters. The molecule has 0 saturated carbocycles. The number of hydrogen-bond donors (Lipinski definition) is 1. The molecule has 0 heterocycles. The second kappa shape index (κ2) is 5.94. The number of halogens is 2. The van der Waals surface area contributed by atoms with Gasteiger partial charge in [-0.1, -0.05) is 19.4 Å². The maximum atomic E-state index is 13.2. The Kier molecular flexibility index (Phi) is 4.58. The summed E-state index contributed by atoms with van der Waals surface area (Å²) in [5.74, 6) is -3.61. The fourth-order valence-electron chi connectivity index (χ4n) is 1.36. The molecule has 0 radical (unpaired) electrons. The number of nitrogens with one attached hydrogen (secondary N) is 1. The number of amides is 1. The largest absolute Gasteiger partial charge is 0.322 e. The fraction of sp³-hybridized carbons (Fsp3) is 0.333. The molecule has 1 aromatic rings. The number of nitrogens with zero attached hydrogens (tertiary/aromatic N) is 1. The second-order valence-corrected chi connectivity index (χ2v) is 3.56. The molecule has 17 heavy (non-hydrogen) atoms. The first-order valence-electron chi connectivity index (χ1n) is 5.24. The zero-order valence-electron chi connectivity index (χ0n) is 9.34. The highest BCUT2D eigenvalue weighted by molar-refractivity contribution is 5.94. The van der Waals surface area contributed by atoms with Gasteiger partial charge in [0.1, 0.15) is 5.92 Å². The number of rotatable bonds is 4. The van der Waals surface area contributed by atoms with E-state index in [1.807, 2.05) is 13.0 Å². The first kappa shape index (κ1) is 13.1. The molecule has 0 aliphatic carbocycles. The van der Waals surface area contributed by atoms with Gasteiger partial charge < -0.3 is 5.32 Å². The van der Waals surface area contributed by atoms with Crippen molar-refractivity contribution in [3.8, 4) is 6.07 Å². The van der Waals surface area contributed by atoms with Gasteiger partial charge in [0, 0.05) is 0 Å². The summed E-state index contributed by atoms with van der Waals surface area (Å²) in [6.45, 7) is 1.83. The predicted molar refractivity (Wildman–Crippen MR) is 59.0 cm³/mol. The van der Waals surface area contributed by atoms with Crippen molar-refractivity contribution in [2.45, 2.75) is 19.8 Å². The van der Waals surface area contributed by atoms with Crippen LogP contribution in [0.15, 0.2) is 18.2 Å². The summed E-state index contributed by atoms with van der Waals surface area (Å²) in [5.41, 5.74) is -0.244. The van der Waals surface area contributed by atoms with E-state index >= 15 is 0 Å². The Morgan fingerprint density at radius 2 is 2.24 bits per heavy atom. The summed E-state index contributed by atoms with van der Waals surface area (Å²) in [5, 5.41) is 11.0. The quantitative estimate of drug-likeness (QED) is 0.876. The molecule has 0 aliphatic heterocycles. The number of carbonyl (C=O) groups excluding carboxylic acids is 1. The minimum atomic E-state index is -1.12. The van der Waals surface area contributed by atoms with Gasteiger partial charge in [-0.25, -0.2) is 8.78 Å². The Balaban J connectivity index is 2.81. The summed E-state index contributed by atoms with van der Waals surface area (Å²) in [7, 11) is 0. The molecule has 0 spiro atoms. The zero-order chi connectivity index (χ0) is 12.8. The van der Waals surface area contributed by atoms with E-state index in [0.29, 0.717) is 12.8 Å². The minimum Gasteiger partial charge on any atom is -0.322 e. The van der Waals surface area contributed by atoms with Gasteiger partial charge in [0.05, 0.1) is 11.8 Å². The van der Waals surface area contributed by atoms with Crippen LogP contribution in [0.4, 0.5) is 14.5 Å². The Labute approximate surface area is 98.1 Å². The summed E-state index contributed by atoms with van der Waals surface area (Å²) >= 11 is 0. The van der Waals surface area contributed by atoms with Crippen LogP contribution in [0, 0.1) is 28.9 Å². The van der Waals surface area contributed by atoms with Crippen LogP contribution in [0.1, 0.15) is 19.8 Å². The summed E-state index contributed by atoms with van der Waals surface area (Å²) < 4.78 is 26.1. The van der Waals surface area contributed by atoms with Crippen molar-refractivity contribution >= 4 is 11.6 Å². The third-order valence-electron chi connectivity index (χ3n) is 2.26. The van der Waals surface area contributed by atoms with E-state index < -0.39 is 23.5 Å². The molecule has 0 fully saturated rings. The van der Waals surface area contributed by atoms with Gasteiger partial charge in [0.2, 0.25) is 5.91 Å². The lowest BCUT2D eigenvalue weighted by atomic mass is 10.0. The van der Waals surface area contributed by atoms with Gasteiger partial charge in [-0.15, -0.1) is 0 Å². The molecule has 90 valence electrons. The number of benzene rings is 1. The molecule has 1 N–H and O–H groups in total. The van der Waals surface area contributed by atoms with Crippen LogP contribution in [0.2, 0.25) is 0 Å². The highest BCUT2D eigenvalue weighted by atomic mass is 19.2. The lowest BCUT2D eigenvalue weighted by molar-refractivity contribution is -0.118. The van der Waals surface area contributed by atoms with Crippen molar-refractivity contribution in [2.75, 3.05) is 5.32 Å². The van der Waals surface area contributed by atoms with Gasteiger partial charge in [-0.3, -0.25) is 4.79 Å². The molecule has 1 rings (SSSR count). The smallest absolute Gasteiger partial charge is 0.241 e. The van der Waals surface area contributed by atoms with E-state index in [2.05, 4.69) is 5.32 Å². The molecular formula is C12H12F2N2O. The Morgan fingerprint density at radius 3 is 2.82 bits per heavy atom. The van der Waals surface area contributed by atoms with E-state index in [9.17, 15) is 13.6 Å². The lowest BCUT2D eigenvalue weighted by Crippen LogP contribution is -2.22. The van der Waals surface area contributed by atoms with Gasteiger partial charge >= 0.3 is 0 Å². The van der Waals surface area contributed by atoms with Crippen molar-refractivity contribution < 1.29 is 13.6 Å². The van der Waals surface area contributed by atoms with Crippen molar-refractivity contribution in [2.24, 2.45) is 5.92 Å². The zero-order valence-corrected chi connectivity index (χ0v) is 9.34. The maximum Gasteiger partial charge on any atom is 0.241 e. The molecule has 3 nitrogen and oxygen atoms in total. The average Bonchev–Trinajstić information content (AvgIpc) is 2.31. The minimum absolute atomic E-state index is 0.244. The number of anilines is 1. The van der Waals surface area contributed by atoms with Crippen molar-refractivity contribution in [1.29, 1.82) is 5.26 Å². The SMILES string of the molecule is CCCC(C#N)C(=O)Nc1cccc(F)c1F. The number of carbonyl (C=O) groups is 1. The molecule has 1 atom stereocenters. The molecular weight excluding hydrogens is 226 g/mol. The summed E-state index contributed by atoms with van der Waals surface area (Å²) in [6.07, 6.45) is 1.05. The molecule has 5 heteroatoms. The Morgan fingerprint density at radius 1 is 1.53 bits per heavy atom. The topological polar surface area (TPSA) is 52.9 Å². The molecule has 0 saturated heterocycles. The van der Waals surface area contributed by atoms with Crippen LogP contribution in [0.5, 0.6) is 0 Å². The second-order valence-electron chi connectivity index (χ2n) is 3.56. The first-order valence-corrected chi connectivity index (χ1v) is 5.24. The highest BCUT2D eigenvalue weighted by Crippen LogP contribution is 2.18. The van der Waals surface area contributed by atoms with E-state index in [-0.39, 0.29) is 5.69 Å². The Hall–Kier alpha value is -1.96. The third kappa shape index (κ3) is 3.25. The maximum absolute atomic E-state index is 13.2. The van der Waals surface area contributed by atoms with Gasteiger partial charge in [0.15, 0.2) is 11.6 Å². The number of hydrogen-bond acceptors (Lipinski definition) is 2.